The topological polar surface area (TPSA) is 101 Å². The Morgan fingerprint density at radius 3 is 2.93 bits per heavy atom. The molecule has 0 aliphatic carbocycles. The van der Waals surface area contributed by atoms with Crippen LogP contribution in [0.1, 0.15) is 28.7 Å². The van der Waals surface area contributed by atoms with Crippen molar-refractivity contribution in [3.8, 4) is 11.5 Å². The summed E-state index contributed by atoms with van der Waals surface area (Å²) in [5, 5.41) is 13.4. The highest BCUT2D eigenvalue weighted by Gasteiger charge is 2.36. The molecule has 5 aromatic heterocycles. The minimum Gasteiger partial charge on any atom is -0.403 e. The van der Waals surface area contributed by atoms with Gasteiger partial charge >= 0.3 is 6.01 Å². The predicted octanol–water partition coefficient (Wildman–Crippen LogP) is 2.96. The zero-order valence-electron chi connectivity index (χ0n) is 16.2. The largest absolute Gasteiger partial charge is 0.403 e. The molecule has 1 aliphatic heterocycles. The molecular formula is C21H18N8O. The Morgan fingerprint density at radius 1 is 1.17 bits per heavy atom. The molecule has 0 spiro atoms. The number of anilines is 1. The van der Waals surface area contributed by atoms with Gasteiger partial charge in [0.1, 0.15) is 6.04 Å². The summed E-state index contributed by atoms with van der Waals surface area (Å²) in [5.74, 6) is 0.463. The smallest absolute Gasteiger partial charge is 0.319 e. The van der Waals surface area contributed by atoms with Gasteiger partial charge in [-0.1, -0.05) is 11.2 Å². The number of hydrogen-bond acceptors (Lipinski definition) is 7. The maximum absolute atomic E-state index is 6.05. The van der Waals surface area contributed by atoms with Crippen LogP contribution >= 0.6 is 0 Å². The van der Waals surface area contributed by atoms with E-state index in [1.807, 2.05) is 28.9 Å². The monoisotopic (exact) mass is 398 g/mol. The van der Waals surface area contributed by atoms with Crippen LogP contribution in [0.2, 0.25) is 0 Å². The highest BCUT2D eigenvalue weighted by Crippen LogP contribution is 2.37. The van der Waals surface area contributed by atoms with Crippen LogP contribution in [0.15, 0.2) is 59.7 Å². The van der Waals surface area contributed by atoms with Gasteiger partial charge in [0.05, 0.1) is 23.2 Å². The number of rotatable bonds is 3. The second kappa shape index (κ2) is 6.51. The van der Waals surface area contributed by atoms with Gasteiger partial charge in [-0.2, -0.15) is 5.10 Å². The third-order valence-corrected chi connectivity index (χ3v) is 5.52. The third kappa shape index (κ3) is 2.59. The van der Waals surface area contributed by atoms with Gasteiger partial charge in [0.15, 0.2) is 0 Å². The molecule has 0 bridgehead atoms. The molecule has 1 aliphatic rings. The van der Waals surface area contributed by atoms with Gasteiger partial charge < -0.3 is 14.3 Å². The molecule has 0 unspecified atom stereocenters. The lowest BCUT2D eigenvalue weighted by Gasteiger charge is -2.32. The normalized spacial score (nSPS) is 16.2. The number of aromatic nitrogens is 7. The Bertz CT molecular complexity index is 1340. The van der Waals surface area contributed by atoms with Crippen molar-refractivity contribution >= 4 is 11.5 Å². The number of pyridine rings is 2. The van der Waals surface area contributed by atoms with Gasteiger partial charge in [-0.25, -0.2) is 9.50 Å². The first-order chi connectivity index (χ1) is 14.8. The molecule has 148 valence electrons. The lowest BCUT2D eigenvalue weighted by Crippen LogP contribution is -2.36. The molecule has 0 saturated heterocycles. The Balaban J connectivity index is 1.46. The Morgan fingerprint density at radius 2 is 2.07 bits per heavy atom. The van der Waals surface area contributed by atoms with Crippen LogP contribution in [0.3, 0.4) is 0 Å². The Labute approximate surface area is 171 Å². The van der Waals surface area contributed by atoms with Crippen molar-refractivity contribution in [2.45, 2.75) is 19.4 Å². The first kappa shape index (κ1) is 16.9. The van der Waals surface area contributed by atoms with E-state index in [2.05, 4.69) is 49.1 Å². The summed E-state index contributed by atoms with van der Waals surface area (Å²) in [6.45, 7) is 2.79. The first-order valence-electron chi connectivity index (χ1n) is 9.75. The standard InChI is InChI=1S/C21H18N8O/c1-13-3-2-9-29-17(13)11-16(27-29)19-18-15(23-12-24-18)6-10-28(19)21-26-25-20(30-21)14-4-7-22-8-5-14/h2-5,7-9,11-12,19H,6,10H2,1H3,(H,23,24)/t19-/m1/s1. The maximum Gasteiger partial charge on any atom is 0.319 e. The van der Waals surface area contributed by atoms with E-state index in [1.165, 1.54) is 5.56 Å². The Kier molecular flexibility index (Phi) is 3.67. The molecule has 0 saturated carbocycles. The number of imidazole rings is 1. The van der Waals surface area contributed by atoms with Crippen LogP contribution < -0.4 is 4.90 Å². The molecule has 0 amide bonds. The van der Waals surface area contributed by atoms with E-state index in [0.717, 1.165) is 34.6 Å². The van der Waals surface area contributed by atoms with E-state index in [-0.39, 0.29) is 6.04 Å². The number of nitrogens with zero attached hydrogens (tertiary/aromatic N) is 7. The van der Waals surface area contributed by atoms with Crippen LogP contribution in [0, 0.1) is 6.92 Å². The van der Waals surface area contributed by atoms with E-state index in [4.69, 9.17) is 9.52 Å². The summed E-state index contributed by atoms with van der Waals surface area (Å²) < 4.78 is 7.96. The fourth-order valence-corrected chi connectivity index (χ4v) is 4.03. The van der Waals surface area contributed by atoms with E-state index >= 15 is 0 Å². The van der Waals surface area contributed by atoms with Crippen molar-refractivity contribution in [3.05, 3.63) is 77.9 Å². The van der Waals surface area contributed by atoms with Gasteiger partial charge in [-0.3, -0.25) is 4.98 Å². The summed E-state index contributed by atoms with van der Waals surface area (Å²) >= 11 is 0. The van der Waals surface area contributed by atoms with E-state index in [9.17, 15) is 0 Å². The van der Waals surface area contributed by atoms with Crippen molar-refractivity contribution in [3.63, 3.8) is 0 Å². The summed E-state index contributed by atoms with van der Waals surface area (Å²) in [5.41, 5.74) is 6.00. The van der Waals surface area contributed by atoms with Crippen molar-refractivity contribution < 1.29 is 4.42 Å². The van der Waals surface area contributed by atoms with Crippen molar-refractivity contribution in [2.24, 2.45) is 0 Å². The average molecular weight is 398 g/mol. The quantitative estimate of drug-likeness (QED) is 0.498. The zero-order chi connectivity index (χ0) is 20.1. The van der Waals surface area contributed by atoms with Gasteiger partial charge in [0.2, 0.25) is 5.89 Å². The van der Waals surface area contributed by atoms with Crippen LogP contribution in [0.25, 0.3) is 17.0 Å². The van der Waals surface area contributed by atoms with Gasteiger partial charge in [0, 0.05) is 42.8 Å². The predicted molar refractivity (Wildman–Crippen MR) is 109 cm³/mol. The SMILES string of the molecule is Cc1cccn2nc([C@@H]3c4nc[nH]c4CCN3c3nnc(-c4ccncc4)o3)cc12. The number of nitrogens with one attached hydrogen (secondary N) is 1. The van der Waals surface area contributed by atoms with Crippen molar-refractivity contribution in [1.82, 2.24) is 34.8 Å². The minimum atomic E-state index is -0.218. The fourth-order valence-electron chi connectivity index (χ4n) is 4.03. The highest BCUT2D eigenvalue weighted by atomic mass is 16.4. The molecule has 9 nitrogen and oxygen atoms in total. The summed E-state index contributed by atoms with van der Waals surface area (Å²) in [7, 11) is 0. The summed E-state index contributed by atoms with van der Waals surface area (Å²) in [6.07, 6.45) is 7.91. The second-order valence-corrected chi connectivity index (χ2v) is 7.33. The lowest BCUT2D eigenvalue weighted by atomic mass is 10.00. The van der Waals surface area contributed by atoms with Crippen LogP contribution in [-0.2, 0) is 6.42 Å². The van der Waals surface area contributed by atoms with E-state index < -0.39 is 0 Å². The molecule has 0 aromatic carbocycles. The summed E-state index contributed by atoms with van der Waals surface area (Å²) in [6, 6.07) is 10.1. The second-order valence-electron chi connectivity index (χ2n) is 7.33. The first-order valence-corrected chi connectivity index (χ1v) is 9.75. The highest BCUT2D eigenvalue weighted by molar-refractivity contribution is 5.57. The minimum absolute atomic E-state index is 0.218. The molecule has 6 heterocycles. The molecule has 6 rings (SSSR count). The van der Waals surface area contributed by atoms with E-state index in [1.54, 1.807) is 18.7 Å². The molecule has 0 fully saturated rings. The number of aromatic amines is 1. The molecule has 0 radical (unpaired) electrons. The average Bonchev–Trinajstić information content (AvgIpc) is 3.52. The van der Waals surface area contributed by atoms with Gasteiger partial charge in [-0.05, 0) is 36.8 Å². The molecule has 30 heavy (non-hydrogen) atoms. The maximum atomic E-state index is 6.05. The molecule has 1 atom stereocenters. The Hall–Kier alpha value is -4.01. The van der Waals surface area contributed by atoms with E-state index in [0.29, 0.717) is 18.5 Å². The molecule has 1 N–H and O–H groups in total. The van der Waals surface area contributed by atoms with Gasteiger partial charge in [-0.15, -0.1) is 5.10 Å². The van der Waals surface area contributed by atoms with Gasteiger partial charge in [0.25, 0.3) is 0 Å². The summed E-state index contributed by atoms with van der Waals surface area (Å²) in [4.78, 5) is 14.0. The van der Waals surface area contributed by atoms with Crippen LogP contribution in [0.5, 0.6) is 0 Å². The van der Waals surface area contributed by atoms with Crippen LogP contribution in [0.4, 0.5) is 6.01 Å². The molecular weight excluding hydrogens is 380 g/mol. The third-order valence-electron chi connectivity index (χ3n) is 5.52. The lowest BCUT2D eigenvalue weighted by molar-refractivity contribution is 0.503. The number of hydrogen-bond donors (Lipinski definition) is 1. The number of fused-ring (bicyclic) bond motifs is 2. The van der Waals surface area contributed by atoms with Crippen LogP contribution in [-0.4, -0.2) is 41.3 Å². The number of aryl methyl sites for hydroxylation is 1. The number of H-pyrrole nitrogens is 1. The molecule has 5 aromatic rings. The molecule has 9 heteroatoms. The fraction of sp³-hybridized carbons (Fsp3) is 0.190. The zero-order valence-corrected chi connectivity index (χ0v) is 16.2. The van der Waals surface area contributed by atoms with Crippen molar-refractivity contribution in [2.75, 3.05) is 11.4 Å². The van der Waals surface area contributed by atoms with Crippen molar-refractivity contribution in [1.29, 1.82) is 0 Å².